The lowest BCUT2D eigenvalue weighted by molar-refractivity contribution is -0.385. The summed E-state index contributed by atoms with van der Waals surface area (Å²) < 4.78 is 0. The zero-order valence-electron chi connectivity index (χ0n) is 12.2. The zero-order valence-corrected chi connectivity index (χ0v) is 13.7. The van der Waals surface area contributed by atoms with Crippen LogP contribution in [0.15, 0.2) is 18.2 Å². The van der Waals surface area contributed by atoms with Gasteiger partial charge in [-0.15, -0.1) is 11.6 Å². The van der Waals surface area contributed by atoms with Gasteiger partial charge in [0, 0.05) is 18.0 Å². The predicted octanol–water partition coefficient (Wildman–Crippen LogP) is 4.02. The first kappa shape index (κ1) is 17.7. The van der Waals surface area contributed by atoms with Crippen LogP contribution in [-0.2, 0) is 0 Å². The van der Waals surface area contributed by atoms with Gasteiger partial charge in [-0.3, -0.25) is 14.9 Å². The lowest BCUT2D eigenvalue weighted by Gasteiger charge is -2.31. The number of amides is 1. The van der Waals surface area contributed by atoms with E-state index in [1.807, 2.05) is 20.8 Å². The second-order valence-electron chi connectivity index (χ2n) is 5.76. The van der Waals surface area contributed by atoms with E-state index < -0.39 is 10.8 Å². The van der Waals surface area contributed by atoms with E-state index in [1.165, 1.54) is 18.2 Å². The number of nitrogens with zero attached hydrogens (tertiary/aromatic N) is 1. The van der Waals surface area contributed by atoms with Gasteiger partial charge in [0.05, 0.1) is 9.95 Å². The van der Waals surface area contributed by atoms with Crippen molar-refractivity contribution in [3.05, 3.63) is 38.9 Å². The number of carbonyl (C=O) groups is 1. The summed E-state index contributed by atoms with van der Waals surface area (Å²) in [5, 5.41) is 13.9. The van der Waals surface area contributed by atoms with Crippen LogP contribution in [0, 0.1) is 15.5 Å². The van der Waals surface area contributed by atoms with Crippen molar-refractivity contribution in [2.75, 3.05) is 5.88 Å². The first-order valence-electron chi connectivity index (χ1n) is 6.48. The minimum Gasteiger partial charge on any atom is -0.348 e. The molecule has 0 aromatic heterocycles. The van der Waals surface area contributed by atoms with E-state index in [0.29, 0.717) is 12.3 Å². The maximum Gasteiger partial charge on any atom is 0.283 e. The number of halogens is 2. The molecule has 0 bridgehead atoms. The van der Waals surface area contributed by atoms with E-state index in [1.54, 1.807) is 0 Å². The molecule has 1 atom stereocenters. The van der Waals surface area contributed by atoms with Crippen molar-refractivity contribution >= 4 is 34.8 Å². The smallest absolute Gasteiger partial charge is 0.283 e. The highest BCUT2D eigenvalue weighted by Gasteiger charge is 2.29. The normalized spacial score (nSPS) is 12.8. The molecule has 1 N–H and O–H groups in total. The lowest BCUT2D eigenvalue weighted by atomic mass is 9.85. The first-order valence-corrected chi connectivity index (χ1v) is 7.39. The molecule has 0 heterocycles. The Morgan fingerprint density at radius 3 is 2.52 bits per heavy atom. The molecule has 0 saturated carbocycles. The number of carbonyl (C=O) groups excluding carboxylic acids is 1. The summed E-state index contributed by atoms with van der Waals surface area (Å²) >= 11 is 11.7. The quantitative estimate of drug-likeness (QED) is 0.502. The Bertz CT molecular complexity index is 542. The standard InChI is InChI=1S/C14H18Cl2N2O3/c1-14(2,3)11(7-8-15)17-13(19)12-9(16)5-4-6-10(12)18(20)21/h4-6,11H,7-8H2,1-3H3,(H,17,19). The van der Waals surface area contributed by atoms with Crippen LogP contribution in [-0.4, -0.2) is 22.8 Å². The second-order valence-corrected chi connectivity index (χ2v) is 6.55. The number of rotatable bonds is 5. The third-order valence-electron chi connectivity index (χ3n) is 3.16. The zero-order chi connectivity index (χ0) is 16.2. The van der Waals surface area contributed by atoms with Crippen molar-refractivity contribution in [1.82, 2.24) is 5.32 Å². The van der Waals surface area contributed by atoms with Gasteiger partial charge < -0.3 is 5.32 Å². The molecular weight excluding hydrogens is 315 g/mol. The number of benzene rings is 1. The van der Waals surface area contributed by atoms with Gasteiger partial charge in [0.25, 0.3) is 11.6 Å². The van der Waals surface area contributed by atoms with Gasteiger partial charge in [-0.05, 0) is 17.9 Å². The number of nitro benzene ring substituents is 1. The summed E-state index contributed by atoms with van der Waals surface area (Å²) in [4.78, 5) is 22.8. The molecule has 1 aromatic carbocycles. The molecule has 0 spiro atoms. The molecule has 7 heteroatoms. The summed E-state index contributed by atoms with van der Waals surface area (Å²) in [5.41, 5.74) is -0.646. The molecule has 0 fully saturated rings. The fraction of sp³-hybridized carbons (Fsp3) is 0.500. The molecule has 0 aliphatic heterocycles. The Kier molecular flexibility index (Phi) is 5.98. The molecule has 116 valence electrons. The summed E-state index contributed by atoms with van der Waals surface area (Å²) in [7, 11) is 0. The lowest BCUT2D eigenvalue weighted by Crippen LogP contribution is -2.44. The van der Waals surface area contributed by atoms with E-state index in [-0.39, 0.29) is 27.7 Å². The van der Waals surface area contributed by atoms with E-state index in [0.717, 1.165) is 0 Å². The van der Waals surface area contributed by atoms with Crippen molar-refractivity contribution in [2.24, 2.45) is 5.41 Å². The van der Waals surface area contributed by atoms with Gasteiger partial charge in [-0.1, -0.05) is 38.4 Å². The van der Waals surface area contributed by atoms with Crippen LogP contribution in [0.1, 0.15) is 37.6 Å². The third-order valence-corrected chi connectivity index (χ3v) is 3.70. The molecule has 21 heavy (non-hydrogen) atoms. The number of hydrogen-bond acceptors (Lipinski definition) is 3. The van der Waals surface area contributed by atoms with Crippen LogP contribution < -0.4 is 5.32 Å². The van der Waals surface area contributed by atoms with Gasteiger partial charge >= 0.3 is 0 Å². The number of alkyl halides is 1. The van der Waals surface area contributed by atoms with Crippen molar-refractivity contribution < 1.29 is 9.72 Å². The van der Waals surface area contributed by atoms with E-state index in [2.05, 4.69) is 5.32 Å². The van der Waals surface area contributed by atoms with Gasteiger partial charge in [-0.2, -0.15) is 0 Å². The van der Waals surface area contributed by atoms with E-state index in [4.69, 9.17) is 23.2 Å². The monoisotopic (exact) mass is 332 g/mol. The SMILES string of the molecule is CC(C)(C)C(CCCl)NC(=O)c1c(Cl)cccc1[N+](=O)[O-]. The molecule has 1 rings (SSSR count). The Balaban J connectivity index is 3.11. The van der Waals surface area contributed by atoms with Crippen LogP contribution in [0.5, 0.6) is 0 Å². The van der Waals surface area contributed by atoms with Crippen LogP contribution >= 0.6 is 23.2 Å². The molecule has 1 unspecified atom stereocenters. The molecular formula is C14H18Cl2N2O3. The highest BCUT2D eigenvalue weighted by atomic mass is 35.5. The van der Waals surface area contributed by atoms with Crippen LogP contribution in [0.2, 0.25) is 5.02 Å². The Labute approximate surface area is 133 Å². The summed E-state index contributed by atoms with van der Waals surface area (Å²) in [6.07, 6.45) is 0.565. The minimum atomic E-state index is -0.617. The molecule has 0 radical (unpaired) electrons. The van der Waals surface area contributed by atoms with Crippen LogP contribution in [0.4, 0.5) is 5.69 Å². The number of nitrogens with one attached hydrogen (secondary N) is 1. The third kappa shape index (κ3) is 4.58. The molecule has 0 aliphatic carbocycles. The van der Waals surface area contributed by atoms with Gasteiger partial charge in [0.2, 0.25) is 0 Å². The molecule has 5 nitrogen and oxygen atoms in total. The fourth-order valence-corrected chi connectivity index (χ4v) is 2.42. The topological polar surface area (TPSA) is 72.2 Å². The predicted molar refractivity (Wildman–Crippen MR) is 84.2 cm³/mol. The van der Waals surface area contributed by atoms with Crippen molar-refractivity contribution in [1.29, 1.82) is 0 Å². The van der Waals surface area contributed by atoms with Crippen LogP contribution in [0.25, 0.3) is 0 Å². The van der Waals surface area contributed by atoms with Crippen LogP contribution in [0.3, 0.4) is 0 Å². The molecule has 0 aliphatic rings. The minimum absolute atomic E-state index is 0.0558. The Morgan fingerprint density at radius 1 is 1.43 bits per heavy atom. The average molecular weight is 333 g/mol. The van der Waals surface area contributed by atoms with Gasteiger partial charge in [0.15, 0.2) is 0 Å². The number of nitro groups is 1. The van der Waals surface area contributed by atoms with Crippen molar-refractivity contribution in [2.45, 2.75) is 33.2 Å². The first-order chi connectivity index (χ1) is 9.68. The fourth-order valence-electron chi connectivity index (χ4n) is 1.95. The molecule has 1 aromatic rings. The highest BCUT2D eigenvalue weighted by molar-refractivity contribution is 6.34. The summed E-state index contributed by atoms with van der Waals surface area (Å²) in [6, 6.07) is 3.95. The van der Waals surface area contributed by atoms with E-state index in [9.17, 15) is 14.9 Å². The van der Waals surface area contributed by atoms with Crippen molar-refractivity contribution in [3.63, 3.8) is 0 Å². The van der Waals surface area contributed by atoms with Gasteiger partial charge in [0.1, 0.15) is 5.56 Å². The molecule has 0 saturated heterocycles. The van der Waals surface area contributed by atoms with Crippen molar-refractivity contribution in [3.8, 4) is 0 Å². The highest BCUT2D eigenvalue weighted by Crippen LogP contribution is 2.28. The second kappa shape index (κ2) is 7.09. The van der Waals surface area contributed by atoms with E-state index >= 15 is 0 Å². The maximum atomic E-state index is 12.4. The maximum absolute atomic E-state index is 12.4. The summed E-state index contributed by atoms with van der Waals surface area (Å²) in [5.74, 6) is -0.176. The Hall–Kier alpha value is -1.33. The molecule has 1 amide bonds. The number of hydrogen-bond donors (Lipinski definition) is 1. The largest absolute Gasteiger partial charge is 0.348 e. The van der Waals surface area contributed by atoms with Gasteiger partial charge in [-0.25, -0.2) is 0 Å². The average Bonchev–Trinajstić information content (AvgIpc) is 2.36. The summed E-state index contributed by atoms with van der Waals surface area (Å²) in [6.45, 7) is 5.89. The Morgan fingerprint density at radius 2 is 2.05 bits per heavy atom.